The fourth-order valence-corrected chi connectivity index (χ4v) is 4.05. The summed E-state index contributed by atoms with van der Waals surface area (Å²) in [6.45, 7) is 0. The molecule has 0 fully saturated rings. The normalized spacial score (nSPS) is 10.6. The number of halogens is 1. The Morgan fingerprint density at radius 1 is 1.31 bits per heavy atom. The third-order valence-corrected chi connectivity index (χ3v) is 5.66. The molecular weight excluding hydrogens is 326 g/mol. The van der Waals surface area contributed by atoms with E-state index in [-0.39, 0.29) is 0 Å². The van der Waals surface area contributed by atoms with E-state index in [2.05, 4.69) is 26.1 Å². The minimum atomic E-state index is 0.748. The third kappa shape index (κ3) is 2.91. The predicted octanol–water partition coefficient (Wildman–Crippen LogP) is 3.76. The van der Waals surface area contributed by atoms with E-state index in [4.69, 9.17) is 5.73 Å². The van der Waals surface area contributed by atoms with Gasteiger partial charge in [-0.05, 0) is 40.4 Å². The van der Waals surface area contributed by atoms with Crippen LogP contribution in [0.5, 0.6) is 0 Å². The first-order chi connectivity index (χ1) is 7.69. The van der Waals surface area contributed by atoms with Crippen molar-refractivity contribution in [3.05, 3.63) is 22.7 Å². The van der Waals surface area contributed by atoms with Gasteiger partial charge in [-0.15, -0.1) is 10.2 Å². The first-order valence-electron chi connectivity index (χ1n) is 4.29. The van der Waals surface area contributed by atoms with Crippen molar-refractivity contribution >= 4 is 56.5 Å². The van der Waals surface area contributed by atoms with Gasteiger partial charge in [0, 0.05) is 15.1 Å². The Bertz CT molecular complexity index is 500. The van der Waals surface area contributed by atoms with Gasteiger partial charge in [0.2, 0.25) is 0 Å². The summed E-state index contributed by atoms with van der Waals surface area (Å²) >= 11 is 8.27. The Morgan fingerprint density at radius 2 is 2.06 bits per heavy atom. The maximum absolute atomic E-state index is 5.68. The molecule has 0 saturated heterocycles. The maximum atomic E-state index is 5.68. The Balaban J connectivity index is 2.20. The molecule has 1 aromatic carbocycles. The average Bonchev–Trinajstić information content (AvgIpc) is 2.70. The average molecular weight is 334 g/mol. The van der Waals surface area contributed by atoms with Crippen LogP contribution in [0.3, 0.4) is 0 Å². The van der Waals surface area contributed by atoms with Crippen molar-refractivity contribution < 1.29 is 0 Å². The van der Waals surface area contributed by atoms with Gasteiger partial charge in [0.1, 0.15) is 0 Å². The number of hydrogen-bond donors (Lipinski definition) is 1. The summed E-state index contributed by atoms with van der Waals surface area (Å²) in [4.78, 5) is 1.10. The number of benzene rings is 1. The van der Waals surface area contributed by atoms with Gasteiger partial charge in [-0.3, -0.25) is 0 Å². The van der Waals surface area contributed by atoms with Crippen LogP contribution >= 0.6 is 50.8 Å². The highest BCUT2D eigenvalue weighted by Gasteiger charge is 2.07. The zero-order chi connectivity index (χ0) is 11.5. The van der Waals surface area contributed by atoms with Crippen molar-refractivity contribution in [2.24, 2.45) is 0 Å². The zero-order valence-electron chi connectivity index (χ0n) is 8.31. The Morgan fingerprint density at radius 3 is 2.69 bits per heavy atom. The van der Waals surface area contributed by atoms with Gasteiger partial charge in [-0.25, -0.2) is 0 Å². The molecule has 0 radical (unpaired) electrons. The van der Waals surface area contributed by atoms with Crippen LogP contribution in [-0.4, -0.2) is 16.5 Å². The van der Waals surface area contributed by atoms with Crippen LogP contribution in [-0.2, 0) is 0 Å². The molecule has 0 spiro atoms. The number of thioether (sulfide) groups is 1. The van der Waals surface area contributed by atoms with E-state index >= 15 is 0 Å². The lowest BCUT2D eigenvalue weighted by Gasteiger charge is -2.01. The first kappa shape index (κ1) is 12.2. The smallest absolute Gasteiger partial charge is 0.179 e. The molecule has 0 aliphatic rings. The van der Waals surface area contributed by atoms with Crippen LogP contribution in [0.4, 0.5) is 5.69 Å². The molecular formula is C9H8BrN3S3. The maximum Gasteiger partial charge on any atom is 0.179 e. The van der Waals surface area contributed by atoms with Gasteiger partial charge in [0.25, 0.3) is 0 Å². The summed E-state index contributed by atoms with van der Waals surface area (Å²) in [5.41, 5.74) is 6.43. The van der Waals surface area contributed by atoms with Gasteiger partial charge < -0.3 is 5.73 Å². The molecule has 1 aromatic heterocycles. The summed E-state index contributed by atoms with van der Waals surface area (Å²) in [6, 6.07) is 5.74. The van der Waals surface area contributed by atoms with E-state index < -0.39 is 0 Å². The van der Waals surface area contributed by atoms with Crippen LogP contribution in [0.15, 0.2) is 36.2 Å². The molecule has 0 unspecified atom stereocenters. The summed E-state index contributed by atoms with van der Waals surface area (Å²) < 4.78 is 2.90. The van der Waals surface area contributed by atoms with Crippen molar-refractivity contribution in [3.63, 3.8) is 0 Å². The second-order valence-electron chi connectivity index (χ2n) is 2.83. The summed E-state index contributed by atoms with van der Waals surface area (Å²) in [7, 11) is 0. The first-order valence-corrected chi connectivity index (χ1v) is 7.94. The van der Waals surface area contributed by atoms with Gasteiger partial charge in [-0.2, -0.15) is 0 Å². The van der Waals surface area contributed by atoms with E-state index in [0.29, 0.717) is 0 Å². The standard InChI is InChI=1S/C9H8BrN3S3/c1-14-8-12-13-9(16-8)15-7-3-2-5(11)4-6(7)10/h2-4H,11H2,1H3. The number of anilines is 1. The molecule has 2 aromatic rings. The summed E-state index contributed by atoms with van der Waals surface area (Å²) in [5, 5.41) is 8.15. The number of nitrogens with two attached hydrogens (primary N) is 1. The van der Waals surface area contributed by atoms with Crippen LogP contribution in [0.2, 0.25) is 0 Å². The van der Waals surface area contributed by atoms with E-state index in [1.807, 2.05) is 24.5 Å². The van der Waals surface area contributed by atoms with Crippen molar-refractivity contribution in [2.45, 2.75) is 13.6 Å². The lowest BCUT2D eigenvalue weighted by Crippen LogP contribution is -1.84. The molecule has 84 valence electrons. The largest absolute Gasteiger partial charge is 0.399 e. The van der Waals surface area contributed by atoms with Crippen molar-refractivity contribution in [1.29, 1.82) is 0 Å². The van der Waals surface area contributed by atoms with E-state index in [1.165, 1.54) is 0 Å². The molecule has 16 heavy (non-hydrogen) atoms. The minimum absolute atomic E-state index is 0.748. The number of rotatable bonds is 3. The second kappa shape index (κ2) is 5.39. The molecule has 0 aliphatic carbocycles. The number of nitrogen functional groups attached to an aromatic ring is 1. The molecule has 3 nitrogen and oxygen atoms in total. The van der Waals surface area contributed by atoms with E-state index in [0.717, 1.165) is 23.7 Å². The highest BCUT2D eigenvalue weighted by atomic mass is 79.9. The topological polar surface area (TPSA) is 51.8 Å². The van der Waals surface area contributed by atoms with Crippen LogP contribution < -0.4 is 5.73 Å². The van der Waals surface area contributed by atoms with Crippen molar-refractivity contribution in [1.82, 2.24) is 10.2 Å². The molecule has 1 heterocycles. The molecule has 7 heteroatoms. The molecule has 0 amide bonds. The monoisotopic (exact) mass is 333 g/mol. The molecule has 2 rings (SSSR count). The molecule has 0 atom stereocenters. The SMILES string of the molecule is CSc1nnc(Sc2ccc(N)cc2Br)s1. The fourth-order valence-electron chi connectivity index (χ4n) is 1.01. The predicted molar refractivity (Wildman–Crippen MR) is 74.4 cm³/mol. The third-order valence-electron chi connectivity index (χ3n) is 1.72. The van der Waals surface area contributed by atoms with Crippen molar-refractivity contribution in [3.8, 4) is 0 Å². The van der Waals surface area contributed by atoms with Crippen LogP contribution in [0.1, 0.15) is 0 Å². The zero-order valence-corrected chi connectivity index (χ0v) is 12.3. The number of hydrogen-bond acceptors (Lipinski definition) is 6. The summed E-state index contributed by atoms with van der Waals surface area (Å²) in [6.07, 6.45) is 1.99. The van der Waals surface area contributed by atoms with E-state index in [9.17, 15) is 0 Å². The quantitative estimate of drug-likeness (QED) is 0.684. The van der Waals surface area contributed by atoms with Gasteiger partial charge >= 0.3 is 0 Å². The lowest BCUT2D eigenvalue weighted by molar-refractivity contribution is 0.955. The summed E-state index contributed by atoms with van der Waals surface area (Å²) in [5.74, 6) is 0. The fraction of sp³-hybridized carbons (Fsp3) is 0.111. The van der Waals surface area contributed by atoms with Crippen LogP contribution in [0.25, 0.3) is 0 Å². The second-order valence-corrected chi connectivity index (χ2v) is 7.00. The lowest BCUT2D eigenvalue weighted by atomic mass is 10.3. The highest BCUT2D eigenvalue weighted by Crippen LogP contribution is 2.37. The Hall–Kier alpha value is -0.240. The molecule has 2 N–H and O–H groups in total. The van der Waals surface area contributed by atoms with Gasteiger partial charge in [-0.1, -0.05) is 34.9 Å². The van der Waals surface area contributed by atoms with Gasteiger partial charge in [0.15, 0.2) is 8.68 Å². The highest BCUT2D eigenvalue weighted by molar-refractivity contribution is 9.10. The Labute approximate surface area is 114 Å². The van der Waals surface area contributed by atoms with Gasteiger partial charge in [0.05, 0.1) is 0 Å². The molecule has 0 saturated carbocycles. The minimum Gasteiger partial charge on any atom is -0.399 e. The van der Waals surface area contributed by atoms with Crippen molar-refractivity contribution in [2.75, 3.05) is 12.0 Å². The molecule has 0 bridgehead atoms. The van der Waals surface area contributed by atoms with Crippen LogP contribution in [0, 0.1) is 0 Å². The number of nitrogens with zero attached hydrogens (tertiary/aromatic N) is 2. The number of aromatic nitrogens is 2. The molecule has 0 aliphatic heterocycles. The van der Waals surface area contributed by atoms with E-state index in [1.54, 1.807) is 34.9 Å². The Kier molecular flexibility index (Phi) is 4.12.